The lowest BCUT2D eigenvalue weighted by Crippen LogP contribution is -2.40. The molecule has 1 saturated heterocycles. The predicted molar refractivity (Wildman–Crippen MR) is 116 cm³/mol. The van der Waals surface area contributed by atoms with Crippen molar-refractivity contribution in [1.82, 2.24) is 9.80 Å². The summed E-state index contributed by atoms with van der Waals surface area (Å²) in [5.41, 5.74) is 3.59. The van der Waals surface area contributed by atoms with Crippen molar-refractivity contribution in [2.75, 3.05) is 19.6 Å². The summed E-state index contributed by atoms with van der Waals surface area (Å²) in [6.45, 7) is 4.27. The van der Waals surface area contributed by atoms with Crippen molar-refractivity contribution in [2.24, 2.45) is 0 Å². The van der Waals surface area contributed by atoms with E-state index in [1.165, 1.54) is 0 Å². The summed E-state index contributed by atoms with van der Waals surface area (Å²) in [4.78, 5) is 29.8. The van der Waals surface area contributed by atoms with Crippen LogP contribution in [0.15, 0.2) is 36.4 Å². The summed E-state index contributed by atoms with van der Waals surface area (Å²) in [6.07, 6.45) is 3.00. The maximum atomic E-state index is 13.1. The third-order valence-electron chi connectivity index (χ3n) is 6.07. The first-order chi connectivity index (χ1) is 14.0. The molecule has 1 fully saturated rings. The molecule has 2 heterocycles. The molecule has 152 valence electrons. The molecule has 4 nitrogen and oxygen atoms in total. The van der Waals surface area contributed by atoms with Crippen LogP contribution in [0.5, 0.6) is 0 Å². The highest BCUT2D eigenvalue weighted by molar-refractivity contribution is 6.36. The summed E-state index contributed by atoms with van der Waals surface area (Å²) in [7, 11) is 0. The topological polar surface area (TPSA) is 40.6 Å². The van der Waals surface area contributed by atoms with Crippen molar-refractivity contribution >= 4 is 35.0 Å². The summed E-state index contributed by atoms with van der Waals surface area (Å²) in [5, 5.41) is 1.02. The molecule has 0 N–H and O–H groups in total. The Bertz CT molecular complexity index is 934. The zero-order chi connectivity index (χ0) is 20.5. The van der Waals surface area contributed by atoms with Crippen molar-refractivity contribution in [2.45, 2.75) is 38.6 Å². The zero-order valence-corrected chi connectivity index (χ0v) is 18.0. The molecule has 4 rings (SSSR count). The molecule has 2 amide bonds. The van der Waals surface area contributed by atoms with E-state index in [2.05, 4.69) is 0 Å². The lowest BCUT2D eigenvalue weighted by atomic mass is 9.89. The van der Waals surface area contributed by atoms with Gasteiger partial charge in [-0.2, -0.15) is 0 Å². The van der Waals surface area contributed by atoms with Crippen molar-refractivity contribution in [3.05, 3.63) is 68.7 Å². The predicted octanol–water partition coefficient (Wildman–Crippen LogP) is 4.92. The van der Waals surface area contributed by atoms with Gasteiger partial charge in [-0.05, 0) is 61.1 Å². The first-order valence-electron chi connectivity index (χ1n) is 10.1. The van der Waals surface area contributed by atoms with Gasteiger partial charge in [0.25, 0.3) is 5.91 Å². The van der Waals surface area contributed by atoms with Gasteiger partial charge < -0.3 is 9.80 Å². The van der Waals surface area contributed by atoms with E-state index in [9.17, 15) is 9.59 Å². The quantitative estimate of drug-likeness (QED) is 0.693. The van der Waals surface area contributed by atoms with E-state index in [1.54, 1.807) is 18.2 Å². The number of carbonyl (C=O) groups excluding carboxylic acids is 2. The lowest BCUT2D eigenvalue weighted by Gasteiger charge is -2.36. The lowest BCUT2D eigenvalue weighted by molar-refractivity contribution is -0.133. The number of halogens is 2. The van der Waals surface area contributed by atoms with Gasteiger partial charge in [-0.15, -0.1) is 0 Å². The number of amides is 2. The molecular formula is C23H24Cl2N2O2. The summed E-state index contributed by atoms with van der Waals surface area (Å²) in [5.74, 6) is 0.114. The van der Waals surface area contributed by atoms with Gasteiger partial charge in [0.15, 0.2) is 0 Å². The number of carbonyl (C=O) groups is 2. The number of fused-ring (bicyclic) bond motifs is 1. The minimum absolute atomic E-state index is 0.00516. The molecule has 2 aliphatic rings. The van der Waals surface area contributed by atoms with Crippen LogP contribution in [0.4, 0.5) is 0 Å². The van der Waals surface area contributed by atoms with Gasteiger partial charge in [0.1, 0.15) is 0 Å². The standard InChI is InChI=1S/C23H24Cl2N2O2/c1-15-16-6-4-7-18(23(29)26-11-2-3-12-26)17(16)10-13-27(15)22(28)14-19-20(24)8-5-9-21(19)25/h4-9,15H,2-3,10-14H2,1H3/t15-/m0/s1. The molecule has 1 atom stereocenters. The van der Waals surface area contributed by atoms with E-state index in [0.29, 0.717) is 28.6 Å². The van der Waals surface area contributed by atoms with E-state index < -0.39 is 0 Å². The maximum absolute atomic E-state index is 13.1. The van der Waals surface area contributed by atoms with Gasteiger partial charge in [-0.3, -0.25) is 9.59 Å². The summed E-state index contributed by atoms with van der Waals surface area (Å²) in [6, 6.07) is 11.1. The molecular weight excluding hydrogens is 407 g/mol. The highest BCUT2D eigenvalue weighted by Gasteiger charge is 2.31. The third-order valence-corrected chi connectivity index (χ3v) is 6.77. The second-order valence-corrected chi connectivity index (χ2v) is 8.58. The second-order valence-electron chi connectivity index (χ2n) is 7.76. The minimum atomic E-state index is -0.0983. The number of hydrogen-bond acceptors (Lipinski definition) is 2. The van der Waals surface area contributed by atoms with E-state index in [0.717, 1.165) is 42.6 Å². The van der Waals surface area contributed by atoms with Crippen molar-refractivity contribution in [3.63, 3.8) is 0 Å². The van der Waals surface area contributed by atoms with Gasteiger partial charge in [-0.1, -0.05) is 41.4 Å². The van der Waals surface area contributed by atoms with E-state index >= 15 is 0 Å². The van der Waals surface area contributed by atoms with Crippen LogP contribution in [0.2, 0.25) is 10.0 Å². The molecule has 0 spiro atoms. The Morgan fingerprint density at radius 2 is 1.66 bits per heavy atom. The largest absolute Gasteiger partial charge is 0.339 e. The van der Waals surface area contributed by atoms with Crippen LogP contribution in [-0.2, 0) is 17.6 Å². The SMILES string of the molecule is C[C@H]1c2cccc(C(=O)N3CCCC3)c2CCN1C(=O)Cc1c(Cl)cccc1Cl. The van der Waals surface area contributed by atoms with E-state index in [4.69, 9.17) is 23.2 Å². The Hall–Kier alpha value is -2.04. The third kappa shape index (κ3) is 3.88. The average molecular weight is 431 g/mol. The number of nitrogens with zero attached hydrogens (tertiary/aromatic N) is 2. The molecule has 0 unspecified atom stereocenters. The highest BCUT2D eigenvalue weighted by atomic mass is 35.5. The van der Waals surface area contributed by atoms with Crippen LogP contribution in [-0.4, -0.2) is 41.2 Å². The van der Waals surface area contributed by atoms with Crippen LogP contribution in [0, 0.1) is 0 Å². The van der Waals surface area contributed by atoms with Gasteiger partial charge in [0.2, 0.25) is 5.91 Å². The zero-order valence-electron chi connectivity index (χ0n) is 16.5. The minimum Gasteiger partial charge on any atom is -0.339 e. The van der Waals surface area contributed by atoms with Crippen LogP contribution < -0.4 is 0 Å². The molecule has 2 aromatic carbocycles. The monoisotopic (exact) mass is 430 g/mol. The van der Waals surface area contributed by atoms with Crippen molar-refractivity contribution < 1.29 is 9.59 Å². The van der Waals surface area contributed by atoms with Gasteiger partial charge >= 0.3 is 0 Å². The Balaban J connectivity index is 1.57. The number of rotatable bonds is 3. The Morgan fingerprint density at radius 3 is 2.34 bits per heavy atom. The fourth-order valence-corrected chi connectivity index (χ4v) is 4.99. The normalized spacial score (nSPS) is 18.7. The van der Waals surface area contributed by atoms with Crippen LogP contribution >= 0.6 is 23.2 Å². The Labute approximate surface area is 181 Å². The fraction of sp³-hybridized carbons (Fsp3) is 0.391. The first-order valence-corrected chi connectivity index (χ1v) is 10.9. The molecule has 0 aliphatic carbocycles. The van der Waals surface area contributed by atoms with E-state index in [-0.39, 0.29) is 24.3 Å². The summed E-state index contributed by atoms with van der Waals surface area (Å²) < 4.78 is 0. The molecule has 2 aliphatic heterocycles. The fourth-order valence-electron chi connectivity index (χ4n) is 4.45. The highest BCUT2D eigenvalue weighted by Crippen LogP contribution is 2.34. The maximum Gasteiger partial charge on any atom is 0.254 e. The van der Waals surface area contributed by atoms with Gasteiger partial charge in [0.05, 0.1) is 12.5 Å². The average Bonchev–Trinajstić information content (AvgIpc) is 3.25. The molecule has 0 aromatic heterocycles. The molecule has 0 radical (unpaired) electrons. The van der Waals surface area contributed by atoms with Crippen molar-refractivity contribution in [1.29, 1.82) is 0 Å². The van der Waals surface area contributed by atoms with E-state index in [1.807, 2.05) is 34.9 Å². The number of likely N-dealkylation sites (tertiary alicyclic amines) is 1. The summed E-state index contributed by atoms with van der Waals surface area (Å²) >= 11 is 12.5. The first kappa shape index (κ1) is 20.2. The molecule has 0 bridgehead atoms. The van der Waals surface area contributed by atoms with Crippen molar-refractivity contribution in [3.8, 4) is 0 Å². The molecule has 2 aromatic rings. The number of benzene rings is 2. The molecule has 6 heteroatoms. The molecule has 29 heavy (non-hydrogen) atoms. The smallest absolute Gasteiger partial charge is 0.254 e. The van der Waals surface area contributed by atoms with Gasteiger partial charge in [-0.25, -0.2) is 0 Å². The Kier molecular flexibility index (Phi) is 5.84. The second kappa shape index (κ2) is 8.37. The van der Waals surface area contributed by atoms with Crippen LogP contribution in [0.3, 0.4) is 0 Å². The molecule has 0 saturated carbocycles. The number of hydrogen-bond donors (Lipinski definition) is 0. The van der Waals surface area contributed by atoms with Crippen LogP contribution in [0.1, 0.15) is 52.9 Å². The van der Waals surface area contributed by atoms with Crippen LogP contribution in [0.25, 0.3) is 0 Å². The van der Waals surface area contributed by atoms with Gasteiger partial charge in [0, 0.05) is 35.2 Å². The Morgan fingerprint density at radius 1 is 1.00 bits per heavy atom.